The molecule has 0 saturated carbocycles. The fraction of sp³-hybridized carbons (Fsp3) is 0.444. The first-order valence-electron chi connectivity index (χ1n) is 12.4. The average Bonchev–Trinajstić information content (AvgIpc) is 3.39. The number of rotatable bonds is 6. The summed E-state index contributed by atoms with van der Waals surface area (Å²) in [6.45, 7) is 5.33. The van der Waals surface area contributed by atoms with E-state index >= 15 is 0 Å². The molecule has 5 unspecified atom stereocenters. The van der Waals surface area contributed by atoms with Crippen LogP contribution in [0.15, 0.2) is 36.5 Å². The zero-order chi connectivity index (χ0) is 29.5. The second kappa shape index (κ2) is 11.5. The first kappa shape index (κ1) is 29.9. The highest BCUT2D eigenvalue weighted by Crippen LogP contribution is 2.37. The Morgan fingerprint density at radius 3 is 2.42 bits per heavy atom. The molecule has 2 N–H and O–H groups in total. The van der Waals surface area contributed by atoms with Crippen LogP contribution >= 0.6 is 11.6 Å². The van der Waals surface area contributed by atoms with E-state index in [2.05, 4.69) is 10.3 Å². The van der Waals surface area contributed by atoms with Crippen molar-refractivity contribution < 1.29 is 37.7 Å². The van der Waals surface area contributed by atoms with Crippen molar-refractivity contribution in [3.63, 3.8) is 0 Å². The molecule has 0 spiro atoms. The number of amides is 1. The number of hydrogen-bond donors (Lipinski definition) is 2. The van der Waals surface area contributed by atoms with E-state index < -0.39 is 60.4 Å². The number of hydrogen-bond acceptors (Lipinski definition) is 7. The van der Waals surface area contributed by atoms with Gasteiger partial charge in [-0.15, -0.1) is 5.10 Å². The van der Waals surface area contributed by atoms with E-state index in [1.807, 2.05) is 26.8 Å². The fourth-order valence-corrected chi connectivity index (χ4v) is 5.01. The molecule has 0 bridgehead atoms. The number of methoxy groups -OCH3 is 1. The van der Waals surface area contributed by atoms with Gasteiger partial charge in [-0.05, 0) is 35.2 Å². The number of halogens is 4. The van der Waals surface area contributed by atoms with Gasteiger partial charge in [-0.1, -0.05) is 43.7 Å². The van der Waals surface area contributed by atoms with Gasteiger partial charge in [-0.2, -0.15) is 0 Å². The summed E-state index contributed by atoms with van der Waals surface area (Å²) >= 11 is 6.26. The van der Waals surface area contributed by atoms with Crippen LogP contribution in [-0.4, -0.2) is 76.3 Å². The van der Waals surface area contributed by atoms with Crippen molar-refractivity contribution in [2.45, 2.75) is 56.6 Å². The molecule has 1 saturated heterocycles. The summed E-state index contributed by atoms with van der Waals surface area (Å²) in [6.07, 6.45) is -3.82. The molecule has 216 valence electrons. The summed E-state index contributed by atoms with van der Waals surface area (Å²) < 4.78 is 53.7. The summed E-state index contributed by atoms with van der Waals surface area (Å²) in [5.41, 5.74) is 0.911. The van der Waals surface area contributed by atoms with Gasteiger partial charge in [0.25, 0.3) is 5.91 Å². The molecule has 2 heterocycles. The number of likely N-dealkylation sites (N-methyl/N-ethyl adjacent to an activating group) is 1. The van der Waals surface area contributed by atoms with Crippen molar-refractivity contribution in [2.75, 3.05) is 25.7 Å². The zero-order valence-electron chi connectivity index (χ0n) is 22.5. The third kappa shape index (κ3) is 5.59. The van der Waals surface area contributed by atoms with Crippen LogP contribution in [0.4, 0.5) is 18.9 Å². The third-order valence-corrected chi connectivity index (χ3v) is 7.17. The van der Waals surface area contributed by atoms with Gasteiger partial charge in [-0.3, -0.25) is 4.79 Å². The highest BCUT2D eigenvalue weighted by Gasteiger charge is 2.50. The lowest BCUT2D eigenvalue weighted by Crippen LogP contribution is -2.61. The van der Waals surface area contributed by atoms with Gasteiger partial charge in [0.2, 0.25) is 0 Å². The van der Waals surface area contributed by atoms with E-state index in [0.717, 1.165) is 17.7 Å². The predicted octanol–water partition coefficient (Wildman–Crippen LogP) is 3.65. The molecule has 4 rings (SSSR count). The molecule has 9 nitrogen and oxygen atoms in total. The molecule has 1 aromatic heterocycles. The molecule has 3 aromatic rings. The maximum atomic E-state index is 13.9. The van der Waals surface area contributed by atoms with Crippen molar-refractivity contribution in [1.82, 2.24) is 15.0 Å². The predicted molar refractivity (Wildman–Crippen MR) is 140 cm³/mol. The molecule has 2 aromatic carbocycles. The molecule has 40 heavy (non-hydrogen) atoms. The van der Waals surface area contributed by atoms with Crippen molar-refractivity contribution in [2.24, 2.45) is 0 Å². The number of anilines is 1. The number of nitrogens with zero attached hydrogens (tertiary/aromatic N) is 4. The second-order valence-electron chi connectivity index (χ2n) is 10.6. The van der Waals surface area contributed by atoms with Gasteiger partial charge < -0.3 is 24.6 Å². The Labute approximate surface area is 234 Å². The first-order chi connectivity index (χ1) is 18.8. The van der Waals surface area contributed by atoms with Gasteiger partial charge in [0.1, 0.15) is 30.0 Å². The number of aliphatic hydroxyl groups excluding tert-OH is 2. The maximum absolute atomic E-state index is 13.9. The van der Waals surface area contributed by atoms with Gasteiger partial charge in [0.15, 0.2) is 23.6 Å². The first-order valence-corrected chi connectivity index (χ1v) is 12.8. The molecular weight excluding hydrogens is 553 g/mol. The van der Waals surface area contributed by atoms with Crippen LogP contribution in [0.3, 0.4) is 0 Å². The van der Waals surface area contributed by atoms with Crippen molar-refractivity contribution in [3.05, 3.63) is 64.6 Å². The van der Waals surface area contributed by atoms with E-state index in [1.54, 1.807) is 19.2 Å². The Hall–Kier alpha value is -3.03. The number of benzene rings is 2. The molecule has 0 aliphatic carbocycles. The third-order valence-electron chi connectivity index (χ3n) is 6.94. The molecule has 0 radical (unpaired) electrons. The van der Waals surface area contributed by atoms with Crippen molar-refractivity contribution >= 4 is 23.2 Å². The minimum absolute atomic E-state index is 0.0272. The SMILES string of the molecule is COC1C(C(=O)N(C)c2cc(Cl)ccc2C(C)(C)C)OC(CO)C(O)C1n1cc(-c2cc(F)c(F)c(F)c2)nn1. The fourth-order valence-electron chi connectivity index (χ4n) is 4.84. The molecule has 1 aliphatic heterocycles. The van der Waals surface area contributed by atoms with Crippen LogP contribution in [0.1, 0.15) is 32.4 Å². The van der Waals surface area contributed by atoms with Gasteiger partial charge >= 0.3 is 0 Å². The molecule has 1 fully saturated rings. The highest BCUT2D eigenvalue weighted by atomic mass is 35.5. The van der Waals surface area contributed by atoms with Crippen molar-refractivity contribution in [1.29, 1.82) is 0 Å². The Bertz CT molecular complexity index is 1380. The van der Waals surface area contributed by atoms with Crippen molar-refractivity contribution in [3.8, 4) is 11.3 Å². The topological polar surface area (TPSA) is 110 Å². The summed E-state index contributed by atoms with van der Waals surface area (Å²) in [6, 6.07) is 5.63. The minimum atomic E-state index is -1.62. The molecule has 13 heteroatoms. The van der Waals surface area contributed by atoms with E-state index in [9.17, 15) is 28.2 Å². The van der Waals surface area contributed by atoms with Crippen LogP contribution in [0.25, 0.3) is 11.3 Å². The van der Waals surface area contributed by atoms with E-state index in [1.165, 1.54) is 22.9 Å². The van der Waals surface area contributed by atoms with Crippen LogP contribution < -0.4 is 4.90 Å². The molecule has 5 atom stereocenters. The normalized spacial score (nSPS) is 23.3. The Morgan fingerprint density at radius 1 is 1.20 bits per heavy atom. The molecule has 1 aliphatic rings. The molecular formula is C27H30ClF3N4O5. The van der Waals surface area contributed by atoms with Crippen LogP contribution in [0, 0.1) is 17.5 Å². The van der Waals surface area contributed by atoms with E-state index in [0.29, 0.717) is 10.7 Å². The van der Waals surface area contributed by atoms with Gasteiger partial charge in [0, 0.05) is 30.4 Å². The summed E-state index contributed by atoms with van der Waals surface area (Å²) in [7, 11) is 2.87. The Morgan fingerprint density at radius 2 is 1.85 bits per heavy atom. The number of aromatic nitrogens is 3. The lowest BCUT2D eigenvalue weighted by atomic mass is 9.85. The van der Waals surface area contributed by atoms with Gasteiger partial charge in [-0.25, -0.2) is 17.9 Å². The lowest BCUT2D eigenvalue weighted by molar-refractivity contribution is -0.211. The Balaban J connectivity index is 1.72. The highest BCUT2D eigenvalue weighted by molar-refractivity contribution is 6.31. The Kier molecular flexibility index (Phi) is 8.57. The summed E-state index contributed by atoms with van der Waals surface area (Å²) in [5, 5.41) is 29.3. The standard InChI is InChI=1S/C27H30ClF3N4O5/c1-27(2,3)15-7-6-14(28)10-19(15)34(4)26(38)25-24(39-5)22(23(37)20(12-36)40-25)35-11-18(32-33-35)13-8-16(29)21(31)17(30)9-13/h6-11,20,22-25,36-37H,12H2,1-5H3. The second-order valence-corrected chi connectivity index (χ2v) is 11.0. The smallest absolute Gasteiger partial charge is 0.258 e. The number of aliphatic hydroxyl groups is 2. The van der Waals surface area contributed by atoms with Crippen LogP contribution in [-0.2, 0) is 19.7 Å². The quantitative estimate of drug-likeness (QED) is 0.427. The summed E-state index contributed by atoms with van der Waals surface area (Å²) in [4.78, 5) is 15.3. The number of carbonyl (C=O) groups is 1. The van der Waals surface area contributed by atoms with Gasteiger partial charge in [0.05, 0.1) is 12.8 Å². The van der Waals surface area contributed by atoms with E-state index in [4.69, 9.17) is 21.1 Å². The maximum Gasteiger partial charge on any atom is 0.258 e. The molecule has 1 amide bonds. The minimum Gasteiger partial charge on any atom is -0.394 e. The van der Waals surface area contributed by atoms with Crippen LogP contribution in [0.2, 0.25) is 5.02 Å². The lowest BCUT2D eigenvalue weighted by Gasteiger charge is -2.44. The number of ether oxygens (including phenoxy) is 2. The van der Waals surface area contributed by atoms with E-state index in [-0.39, 0.29) is 16.7 Å². The monoisotopic (exact) mass is 582 g/mol. The number of carbonyl (C=O) groups excluding carboxylic acids is 1. The zero-order valence-corrected chi connectivity index (χ0v) is 23.2. The average molecular weight is 583 g/mol. The summed E-state index contributed by atoms with van der Waals surface area (Å²) in [5.74, 6) is -4.98. The van der Waals surface area contributed by atoms with Crippen LogP contribution in [0.5, 0.6) is 0 Å². The largest absolute Gasteiger partial charge is 0.394 e.